The van der Waals surface area contributed by atoms with E-state index < -0.39 is 0 Å². The molecule has 0 unspecified atom stereocenters. The second-order valence-corrected chi connectivity index (χ2v) is 7.79. The molecule has 0 aliphatic heterocycles. The van der Waals surface area contributed by atoms with E-state index in [1.54, 1.807) is 42.5 Å². The van der Waals surface area contributed by atoms with Crippen LogP contribution in [0.1, 0.15) is 52.8 Å². The minimum absolute atomic E-state index is 0.193. The molecule has 0 radical (unpaired) electrons. The number of rotatable bonds is 4. The third-order valence-electron chi connectivity index (χ3n) is 4.52. The van der Waals surface area contributed by atoms with Gasteiger partial charge in [-0.05, 0) is 55.3 Å². The first-order valence-electron chi connectivity index (χ1n) is 8.70. The van der Waals surface area contributed by atoms with Crippen molar-refractivity contribution in [1.82, 2.24) is 5.32 Å². The fraction of sp³-hybridized carbons (Fsp3) is 0.300. The standard InChI is InChI=1S/C20H20BrClN2O2/c21-14-8-6-13(7-9-14)19(25)24-16-10-11-18(22)17(12-16)20(26)23-15-4-2-1-3-5-15/h6-12,15H,1-5H2,(H,23,26)(H,24,25). The van der Waals surface area contributed by atoms with Gasteiger partial charge in [0.25, 0.3) is 11.8 Å². The number of benzene rings is 2. The summed E-state index contributed by atoms with van der Waals surface area (Å²) in [5.74, 6) is -0.430. The van der Waals surface area contributed by atoms with Crippen molar-refractivity contribution >= 4 is 45.0 Å². The number of carbonyl (C=O) groups is 2. The largest absolute Gasteiger partial charge is 0.349 e. The number of carbonyl (C=O) groups excluding carboxylic acids is 2. The third-order valence-corrected chi connectivity index (χ3v) is 5.37. The third kappa shape index (κ3) is 4.86. The molecule has 136 valence electrons. The number of hydrogen-bond donors (Lipinski definition) is 2. The van der Waals surface area contributed by atoms with Crippen LogP contribution in [-0.4, -0.2) is 17.9 Å². The summed E-state index contributed by atoms with van der Waals surface area (Å²) in [6, 6.07) is 12.2. The smallest absolute Gasteiger partial charge is 0.255 e. The minimum atomic E-state index is -0.238. The molecule has 1 saturated carbocycles. The molecule has 2 amide bonds. The molecule has 0 atom stereocenters. The molecular formula is C20H20BrClN2O2. The summed E-state index contributed by atoms with van der Waals surface area (Å²) in [7, 11) is 0. The van der Waals surface area contributed by atoms with Gasteiger partial charge in [-0.25, -0.2) is 0 Å². The SMILES string of the molecule is O=C(Nc1ccc(Cl)c(C(=O)NC2CCCCC2)c1)c1ccc(Br)cc1. The summed E-state index contributed by atoms with van der Waals surface area (Å²) in [6.07, 6.45) is 5.52. The first kappa shape index (κ1) is 18.9. The summed E-state index contributed by atoms with van der Waals surface area (Å²) < 4.78 is 0.905. The van der Waals surface area contributed by atoms with E-state index in [9.17, 15) is 9.59 Å². The highest BCUT2D eigenvalue weighted by molar-refractivity contribution is 9.10. The number of amides is 2. The van der Waals surface area contributed by atoms with Gasteiger partial charge in [-0.2, -0.15) is 0 Å². The molecule has 6 heteroatoms. The fourth-order valence-corrected chi connectivity index (χ4v) is 3.56. The summed E-state index contributed by atoms with van der Waals surface area (Å²) in [5, 5.41) is 6.24. The van der Waals surface area contributed by atoms with Crippen LogP contribution in [0.3, 0.4) is 0 Å². The van der Waals surface area contributed by atoms with Crippen molar-refractivity contribution in [2.24, 2.45) is 0 Å². The lowest BCUT2D eigenvalue weighted by molar-refractivity contribution is 0.0926. The van der Waals surface area contributed by atoms with Crippen LogP contribution in [0.25, 0.3) is 0 Å². The number of anilines is 1. The molecule has 1 aliphatic rings. The Bertz CT molecular complexity index is 802. The van der Waals surface area contributed by atoms with E-state index in [0.717, 1.165) is 30.2 Å². The van der Waals surface area contributed by atoms with Gasteiger partial charge < -0.3 is 10.6 Å². The Morgan fingerprint density at radius 2 is 1.65 bits per heavy atom. The van der Waals surface area contributed by atoms with Crippen molar-refractivity contribution in [3.05, 3.63) is 63.1 Å². The fourth-order valence-electron chi connectivity index (χ4n) is 3.09. The van der Waals surface area contributed by atoms with Crippen LogP contribution in [0.4, 0.5) is 5.69 Å². The summed E-state index contributed by atoms with van der Waals surface area (Å²) in [6.45, 7) is 0. The Hall–Kier alpha value is -1.85. The molecule has 0 spiro atoms. The Labute approximate surface area is 166 Å². The van der Waals surface area contributed by atoms with E-state index >= 15 is 0 Å². The molecule has 2 aromatic rings. The molecule has 26 heavy (non-hydrogen) atoms. The van der Waals surface area contributed by atoms with E-state index in [4.69, 9.17) is 11.6 Å². The zero-order valence-corrected chi connectivity index (χ0v) is 16.6. The monoisotopic (exact) mass is 434 g/mol. The molecule has 2 N–H and O–H groups in total. The van der Waals surface area contributed by atoms with Crippen LogP contribution in [-0.2, 0) is 0 Å². The van der Waals surface area contributed by atoms with E-state index in [2.05, 4.69) is 26.6 Å². The molecular weight excluding hydrogens is 416 g/mol. The van der Waals surface area contributed by atoms with Crippen molar-refractivity contribution < 1.29 is 9.59 Å². The highest BCUT2D eigenvalue weighted by Crippen LogP contribution is 2.23. The first-order valence-corrected chi connectivity index (χ1v) is 9.87. The molecule has 1 fully saturated rings. The highest BCUT2D eigenvalue weighted by atomic mass is 79.9. The zero-order chi connectivity index (χ0) is 18.5. The Balaban J connectivity index is 1.71. The van der Waals surface area contributed by atoms with Gasteiger partial charge in [-0.3, -0.25) is 9.59 Å². The Morgan fingerprint density at radius 3 is 2.35 bits per heavy atom. The average molecular weight is 436 g/mol. The molecule has 4 nitrogen and oxygen atoms in total. The maximum Gasteiger partial charge on any atom is 0.255 e. The lowest BCUT2D eigenvalue weighted by Crippen LogP contribution is -2.36. The van der Waals surface area contributed by atoms with Gasteiger partial charge in [0.1, 0.15) is 0 Å². The summed E-state index contributed by atoms with van der Waals surface area (Å²) in [4.78, 5) is 24.9. The van der Waals surface area contributed by atoms with Crippen LogP contribution in [0.15, 0.2) is 46.9 Å². The maximum absolute atomic E-state index is 12.6. The number of nitrogens with one attached hydrogen (secondary N) is 2. The Morgan fingerprint density at radius 1 is 0.962 bits per heavy atom. The lowest BCUT2D eigenvalue weighted by atomic mass is 9.95. The quantitative estimate of drug-likeness (QED) is 0.674. The molecule has 2 aromatic carbocycles. The van der Waals surface area contributed by atoms with Crippen molar-refractivity contribution in [2.45, 2.75) is 38.1 Å². The van der Waals surface area contributed by atoms with Gasteiger partial charge >= 0.3 is 0 Å². The van der Waals surface area contributed by atoms with Crippen LogP contribution < -0.4 is 10.6 Å². The van der Waals surface area contributed by atoms with Crippen LogP contribution in [0, 0.1) is 0 Å². The topological polar surface area (TPSA) is 58.2 Å². The van der Waals surface area contributed by atoms with E-state index in [1.807, 2.05) is 0 Å². The molecule has 0 heterocycles. The van der Waals surface area contributed by atoms with Crippen molar-refractivity contribution in [2.75, 3.05) is 5.32 Å². The summed E-state index contributed by atoms with van der Waals surface area (Å²) >= 11 is 9.55. The maximum atomic E-state index is 12.6. The Kier molecular flexibility index (Phi) is 6.33. The molecule has 1 aliphatic carbocycles. The molecule has 3 rings (SSSR count). The highest BCUT2D eigenvalue weighted by Gasteiger charge is 2.19. The van der Waals surface area contributed by atoms with E-state index in [1.165, 1.54) is 6.42 Å². The van der Waals surface area contributed by atoms with Gasteiger partial charge in [-0.15, -0.1) is 0 Å². The van der Waals surface area contributed by atoms with Crippen LogP contribution in [0.5, 0.6) is 0 Å². The predicted molar refractivity (Wildman–Crippen MR) is 108 cm³/mol. The minimum Gasteiger partial charge on any atom is -0.349 e. The first-order chi connectivity index (χ1) is 12.5. The normalized spacial score (nSPS) is 14.7. The van der Waals surface area contributed by atoms with Crippen molar-refractivity contribution in [3.63, 3.8) is 0 Å². The van der Waals surface area contributed by atoms with E-state index in [0.29, 0.717) is 21.8 Å². The molecule has 0 saturated heterocycles. The van der Waals surface area contributed by atoms with Crippen molar-refractivity contribution in [1.29, 1.82) is 0 Å². The van der Waals surface area contributed by atoms with Gasteiger partial charge in [0.05, 0.1) is 10.6 Å². The van der Waals surface area contributed by atoms with Gasteiger partial charge in [0.15, 0.2) is 0 Å². The van der Waals surface area contributed by atoms with Gasteiger partial charge in [-0.1, -0.05) is 46.8 Å². The molecule has 0 aromatic heterocycles. The van der Waals surface area contributed by atoms with Crippen LogP contribution >= 0.6 is 27.5 Å². The van der Waals surface area contributed by atoms with E-state index in [-0.39, 0.29) is 17.9 Å². The average Bonchev–Trinajstić information content (AvgIpc) is 2.64. The second-order valence-electron chi connectivity index (χ2n) is 6.46. The molecule has 0 bridgehead atoms. The number of halogens is 2. The second kappa shape index (κ2) is 8.69. The van der Waals surface area contributed by atoms with Crippen LogP contribution in [0.2, 0.25) is 5.02 Å². The van der Waals surface area contributed by atoms with Gasteiger partial charge in [0.2, 0.25) is 0 Å². The lowest BCUT2D eigenvalue weighted by Gasteiger charge is -2.23. The zero-order valence-electron chi connectivity index (χ0n) is 14.2. The number of hydrogen-bond acceptors (Lipinski definition) is 2. The summed E-state index contributed by atoms with van der Waals surface area (Å²) in [5.41, 5.74) is 1.46. The van der Waals surface area contributed by atoms with Gasteiger partial charge in [0, 0.05) is 21.8 Å². The predicted octanol–water partition coefficient (Wildman–Crippen LogP) is 5.42. The van der Waals surface area contributed by atoms with Crippen molar-refractivity contribution in [3.8, 4) is 0 Å².